The predicted molar refractivity (Wildman–Crippen MR) is 55.6 cm³/mol. The number of fused-ring (bicyclic) bond motifs is 1. The first kappa shape index (κ1) is 8.79. The molecule has 3 heterocycles. The number of rotatable bonds is 1. The van der Waals surface area contributed by atoms with Crippen LogP contribution in [0.4, 0.5) is 0 Å². The fourth-order valence-corrected chi connectivity index (χ4v) is 2.15. The predicted octanol–water partition coefficient (Wildman–Crippen LogP) is 0.447. The van der Waals surface area contributed by atoms with Crippen molar-refractivity contribution in [3.63, 3.8) is 0 Å². The maximum absolute atomic E-state index is 4.28. The molecule has 0 aliphatic carbocycles. The minimum absolute atomic E-state index is 0.426. The van der Waals surface area contributed by atoms with Crippen LogP contribution in [0.3, 0.4) is 0 Å². The molecule has 5 heteroatoms. The summed E-state index contributed by atoms with van der Waals surface area (Å²) >= 11 is 0. The van der Waals surface area contributed by atoms with Crippen LogP contribution in [0.25, 0.3) is 5.65 Å². The summed E-state index contributed by atoms with van der Waals surface area (Å²) in [4.78, 5) is 0. The Morgan fingerprint density at radius 3 is 3.13 bits per heavy atom. The van der Waals surface area contributed by atoms with Crippen LogP contribution in [0.5, 0.6) is 0 Å². The van der Waals surface area contributed by atoms with E-state index in [1.165, 1.54) is 0 Å². The molecule has 1 fully saturated rings. The third-order valence-electron chi connectivity index (χ3n) is 3.05. The van der Waals surface area contributed by atoms with Gasteiger partial charge in [0.2, 0.25) is 0 Å². The van der Waals surface area contributed by atoms with Crippen molar-refractivity contribution < 1.29 is 0 Å². The Kier molecular flexibility index (Phi) is 1.92. The summed E-state index contributed by atoms with van der Waals surface area (Å²) in [6.45, 7) is 4.25. The van der Waals surface area contributed by atoms with Gasteiger partial charge in [-0.25, -0.2) is 0 Å². The van der Waals surface area contributed by atoms with Crippen molar-refractivity contribution >= 4 is 5.65 Å². The number of nitrogens with one attached hydrogen (secondary N) is 1. The second kappa shape index (κ2) is 3.27. The van der Waals surface area contributed by atoms with Crippen LogP contribution in [-0.4, -0.2) is 32.9 Å². The molecule has 1 aliphatic rings. The molecule has 0 radical (unpaired) electrons. The van der Waals surface area contributed by atoms with Gasteiger partial charge in [-0.2, -0.15) is 9.61 Å². The topological polar surface area (TPSA) is 55.1 Å². The van der Waals surface area contributed by atoms with Gasteiger partial charge in [-0.15, -0.1) is 10.2 Å². The van der Waals surface area contributed by atoms with Crippen molar-refractivity contribution in [1.29, 1.82) is 0 Å². The molecule has 0 aromatic carbocycles. The lowest BCUT2D eigenvalue weighted by Gasteiger charge is -2.10. The number of nitrogens with zero attached hydrogens (tertiary/aromatic N) is 4. The molecule has 3 rings (SSSR count). The van der Waals surface area contributed by atoms with Gasteiger partial charge in [0.1, 0.15) is 0 Å². The monoisotopic (exact) mass is 203 g/mol. The smallest absolute Gasteiger partial charge is 0.177 e. The standard InChI is InChI=1S/C10H13N5/c1-7-5-11-6-8(7)10-14-13-9-3-2-4-12-15(9)10/h2-4,7-8,11H,5-6H2,1H3/t7-,8-/m1/s1. The van der Waals surface area contributed by atoms with Gasteiger partial charge in [-0.05, 0) is 24.6 Å². The molecule has 78 valence electrons. The quantitative estimate of drug-likeness (QED) is 0.731. The third-order valence-corrected chi connectivity index (χ3v) is 3.05. The van der Waals surface area contributed by atoms with Crippen LogP contribution in [0.2, 0.25) is 0 Å². The Balaban J connectivity index is 2.10. The van der Waals surface area contributed by atoms with E-state index in [-0.39, 0.29) is 0 Å². The Labute approximate surface area is 87.5 Å². The molecule has 1 N–H and O–H groups in total. The van der Waals surface area contributed by atoms with Crippen molar-refractivity contribution in [3.05, 3.63) is 24.2 Å². The van der Waals surface area contributed by atoms with Gasteiger partial charge >= 0.3 is 0 Å². The van der Waals surface area contributed by atoms with Gasteiger partial charge in [0.05, 0.1) is 0 Å². The van der Waals surface area contributed by atoms with Gasteiger partial charge < -0.3 is 5.32 Å². The number of hydrogen-bond donors (Lipinski definition) is 1. The molecule has 2 aromatic rings. The summed E-state index contributed by atoms with van der Waals surface area (Å²) in [5.41, 5.74) is 0.826. The van der Waals surface area contributed by atoms with Crippen LogP contribution in [0.1, 0.15) is 18.7 Å². The lowest BCUT2D eigenvalue weighted by molar-refractivity contribution is 0.533. The molecule has 0 bridgehead atoms. The average Bonchev–Trinajstić information content (AvgIpc) is 2.83. The van der Waals surface area contributed by atoms with E-state index in [0.717, 1.165) is 24.6 Å². The molecule has 0 unspecified atom stereocenters. The minimum Gasteiger partial charge on any atom is -0.316 e. The molecular formula is C10H13N5. The summed E-state index contributed by atoms with van der Waals surface area (Å²) in [6, 6.07) is 3.81. The summed E-state index contributed by atoms with van der Waals surface area (Å²) in [7, 11) is 0. The first-order valence-corrected chi connectivity index (χ1v) is 5.23. The SMILES string of the molecule is C[C@@H]1CNC[C@H]1c1nnc2cccnn12. The summed E-state index contributed by atoms with van der Waals surface area (Å²) in [6.07, 6.45) is 1.77. The van der Waals surface area contributed by atoms with E-state index >= 15 is 0 Å². The highest BCUT2D eigenvalue weighted by Gasteiger charge is 2.28. The summed E-state index contributed by atoms with van der Waals surface area (Å²) in [5, 5.41) is 16.0. The van der Waals surface area contributed by atoms with Crippen molar-refractivity contribution in [2.75, 3.05) is 13.1 Å². The summed E-state index contributed by atoms with van der Waals surface area (Å²) in [5.74, 6) is 2.00. The number of aromatic nitrogens is 4. The van der Waals surface area contributed by atoms with E-state index in [9.17, 15) is 0 Å². The van der Waals surface area contributed by atoms with Gasteiger partial charge in [0.25, 0.3) is 0 Å². The van der Waals surface area contributed by atoms with Crippen molar-refractivity contribution in [2.24, 2.45) is 5.92 Å². The second-order valence-electron chi connectivity index (χ2n) is 4.09. The van der Waals surface area contributed by atoms with Crippen molar-refractivity contribution in [2.45, 2.75) is 12.8 Å². The zero-order chi connectivity index (χ0) is 10.3. The van der Waals surface area contributed by atoms with E-state index in [0.29, 0.717) is 11.8 Å². The van der Waals surface area contributed by atoms with Crippen molar-refractivity contribution in [1.82, 2.24) is 25.1 Å². The molecule has 2 aromatic heterocycles. The van der Waals surface area contributed by atoms with E-state index < -0.39 is 0 Å². The highest BCUT2D eigenvalue weighted by Crippen LogP contribution is 2.25. The molecule has 2 atom stereocenters. The molecule has 0 spiro atoms. The first-order valence-electron chi connectivity index (χ1n) is 5.23. The van der Waals surface area contributed by atoms with Gasteiger partial charge in [0, 0.05) is 18.7 Å². The van der Waals surface area contributed by atoms with Gasteiger partial charge in [-0.3, -0.25) is 0 Å². The lowest BCUT2D eigenvalue weighted by Crippen LogP contribution is -2.12. The molecule has 0 saturated carbocycles. The Morgan fingerprint density at radius 2 is 2.33 bits per heavy atom. The highest BCUT2D eigenvalue weighted by atomic mass is 15.4. The minimum atomic E-state index is 0.426. The normalized spacial score (nSPS) is 26.2. The fraction of sp³-hybridized carbons (Fsp3) is 0.500. The van der Waals surface area contributed by atoms with Crippen molar-refractivity contribution in [3.8, 4) is 0 Å². The average molecular weight is 203 g/mol. The molecule has 15 heavy (non-hydrogen) atoms. The zero-order valence-electron chi connectivity index (χ0n) is 8.59. The fourth-order valence-electron chi connectivity index (χ4n) is 2.15. The van der Waals surface area contributed by atoms with Gasteiger partial charge in [-0.1, -0.05) is 6.92 Å². The van der Waals surface area contributed by atoms with Crippen LogP contribution >= 0.6 is 0 Å². The van der Waals surface area contributed by atoms with E-state index in [4.69, 9.17) is 0 Å². The molecule has 1 aliphatic heterocycles. The Bertz CT molecular complexity index is 477. The molecular weight excluding hydrogens is 190 g/mol. The van der Waals surface area contributed by atoms with Crippen LogP contribution in [0, 0.1) is 5.92 Å². The molecule has 5 nitrogen and oxygen atoms in total. The largest absolute Gasteiger partial charge is 0.316 e. The van der Waals surface area contributed by atoms with E-state index in [1.807, 2.05) is 16.6 Å². The molecule has 1 saturated heterocycles. The van der Waals surface area contributed by atoms with Crippen LogP contribution in [0.15, 0.2) is 18.3 Å². The van der Waals surface area contributed by atoms with Crippen LogP contribution in [-0.2, 0) is 0 Å². The summed E-state index contributed by atoms with van der Waals surface area (Å²) < 4.78 is 1.84. The third kappa shape index (κ3) is 1.31. The Hall–Kier alpha value is -1.49. The van der Waals surface area contributed by atoms with Gasteiger partial charge in [0.15, 0.2) is 11.5 Å². The first-order chi connectivity index (χ1) is 7.36. The van der Waals surface area contributed by atoms with E-state index in [1.54, 1.807) is 6.20 Å². The van der Waals surface area contributed by atoms with E-state index in [2.05, 4.69) is 27.5 Å². The highest BCUT2D eigenvalue weighted by molar-refractivity contribution is 5.35. The second-order valence-corrected chi connectivity index (χ2v) is 4.09. The molecule has 0 amide bonds. The van der Waals surface area contributed by atoms with Crippen LogP contribution < -0.4 is 5.32 Å². The maximum atomic E-state index is 4.28. The number of hydrogen-bond acceptors (Lipinski definition) is 4. The zero-order valence-corrected chi connectivity index (χ0v) is 8.59. The lowest BCUT2D eigenvalue weighted by atomic mass is 9.98. The maximum Gasteiger partial charge on any atom is 0.177 e. The Morgan fingerprint density at radius 1 is 1.40 bits per heavy atom.